The van der Waals surface area contributed by atoms with Crippen molar-refractivity contribution in [1.82, 2.24) is 0 Å². The lowest BCUT2D eigenvalue weighted by Gasteiger charge is -2.16. The van der Waals surface area contributed by atoms with E-state index in [0.717, 1.165) is 18.5 Å². The van der Waals surface area contributed by atoms with E-state index < -0.39 is 12.5 Å². The van der Waals surface area contributed by atoms with Gasteiger partial charge in [0.1, 0.15) is 6.61 Å². The molecule has 0 aliphatic heterocycles. The van der Waals surface area contributed by atoms with Gasteiger partial charge in [-0.2, -0.15) is 0 Å². The molecule has 3 rings (SSSR count). The van der Waals surface area contributed by atoms with Gasteiger partial charge in [-0.05, 0) is 48.9 Å². The van der Waals surface area contributed by atoms with Crippen molar-refractivity contribution in [1.29, 1.82) is 0 Å². The lowest BCUT2D eigenvalue weighted by molar-refractivity contribution is -0.118. The fourth-order valence-electron chi connectivity index (χ4n) is 3.26. The van der Waals surface area contributed by atoms with E-state index in [1.54, 1.807) is 0 Å². The van der Waals surface area contributed by atoms with Gasteiger partial charge in [-0.1, -0.05) is 36.4 Å². The van der Waals surface area contributed by atoms with Crippen LogP contribution in [-0.4, -0.2) is 23.7 Å². The van der Waals surface area contributed by atoms with Crippen LogP contribution in [0.4, 0.5) is 11.4 Å². The number of nitrogens with one attached hydrogen (secondary N) is 2. The SMILES string of the molecule is O=C(CO)Nc1cccc(NC2CCC(c3ccccc3)C2)c1. The van der Waals surface area contributed by atoms with Crippen LogP contribution in [0.25, 0.3) is 0 Å². The molecule has 2 unspecified atom stereocenters. The summed E-state index contributed by atoms with van der Waals surface area (Å²) in [6.45, 7) is -0.501. The standard InChI is InChI=1S/C19H22N2O2/c22-13-19(23)21-17-8-4-7-16(12-17)20-18-10-9-15(11-18)14-5-2-1-3-6-14/h1-8,12,15,18,20,22H,9-11,13H2,(H,21,23). The molecule has 4 nitrogen and oxygen atoms in total. The molecule has 2 aromatic rings. The normalized spacial score (nSPS) is 20.2. The van der Waals surface area contributed by atoms with E-state index in [-0.39, 0.29) is 0 Å². The summed E-state index contributed by atoms with van der Waals surface area (Å²) in [7, 11) is 0. The zero-order chi connectivity index (χ0) is 16.1. The molecule has 2 aromatic carbocycles. The lowest BCUT2D eigenvalue weighted by Crippen LogP contribution is -2.17. The first-order valence-corrected chi connectivity index (χ1v) is 8.07. The molecule has 0 saturated heterocycles. The van der Waals surface area contributed by atoms with Crippen molar-refractivity contribution in [2.45, 2.75) is 31.2 Å². The highest BCUT2D eigenvalue weighted by Crippen LogP contribution is 2.35. The maximum Gasteiger partial charge on any atom is 0.250 e. The van der Waals surface area contributed by atoms with Crippen LogP contribution < -0.4 is 10.6 Å². The number of aliphatic hydroxyl groups excluding tert-OH is 1. The zero-order valence-corrected chi connectivity index (χ0v) is 13.0. The second kappa shape index (κ2) is 7.29. The minimum absolute atomic E-state index is 0.396. The molecule has 0 heterocycles. The summed E-state index contributed by atoms with van der Waals surface area (Å²) >= 11 is 0. The summed E-state index contributed by atoms with van der Waals surface area (Å²) in [5.74, 6) is 0.220. The Balaban J connectivity index is 1.60. The number of benzene rings is 2. The summed E-state index contributed by atoms with van der Waals surface area (Å²) in [4.78, 5) is 11.3. The molecular weight excluding hydrogens is 288 g/mol. The number of carbonyl (C=O) groups is 1. The first kappa shape index (κ1) is 15.6. The van der Waals surface area contributed by atoms with Crippen molar-refractivity contribution in [3.05, 3.63) is 60.2 Å². The molecule has 0 bridgehead atoms. The monoisotopic (exact) mass is 310 g/mol. The van der Waals surface area contributed by atoms with Crippen molar-refractivity contribution in [2.75, 3.05) is 17.2 Å². The molecule has 23 heavy (non-hydrogen) atoms. The van der Waals surface area contributed by atoms with Gasteiger partial charge >= 0.3 is 0 Å². The van der Waals surface area contributed by atoms with Crippen molar-refractivity contribution in [2.24, 2.45) is 0 Å². The number of anilines is 2. The molecule has 4 heteroatoms. The van der Waals surface area contributed by atoms with Crippen molar-refractivity contribution in [3.8, 4) is 0 Å². The van der Waals surface area contributed by atoms with Gasteiger partial charge in [-0.3, -0.25) is 4.79 Å². The summed E-state index contributed by atoms with van der Waals surface area (Å²) in [6, 6.07) is 18.8. The van der Waals surface area contributed by atoms with E-state index in [2.05, 4.69) is 41.0 Å². The average Bonchev–Trinajstić information content (AvgIpc) is 3.04. The highest BCUT2D eigenvalue weighted by molar-refractivity contribution is 5.91. The molecule has 1 fully saturated rings. The Bertz CT molecular complexity index is 657. The van der Waals surface area contributed by atoms with Gasteiger partial charge in [-0.25, -0.2) is 0 Å². The van der Waals surface area contributed by atoms with E-state index in [1.165, 1.54) is 12.0 Å². The predicted octanol–water partition coefficient (Wildman–Crippen LogP) is 3.37. The summed E-state index contributed by atoms with van der Waals surface area (Å²) in [5, 5.41) is 15.0. The van der Waals surface area contributed by atoms with Gasteiger partial charge in [0.05, 0.1) is 0 Å². The molecule has 1 aliphatic rings. The van der Waals surface area contributed by atoms with E-state index in [1.807, 2.05) is 24.3 Å². The maximum absolute atomic E-state index is 11.3. The quantitative estimate of drug-likeness (QED) is 0.793. The van der Waals surface area contributed by atoms with Crippen molar-refractivity contribution in [3.63, 3.8) is 0 Å². The van der Waals surface area contributed by atoms with Gasteiger partial charge < -0.3 is 15.7 Å². The molecule has 3 N–H and O–H groups in total. The van der Waals surface area contributed by atoms with Gasteiger partial charge in [-0.15, -0.1) is 0 Å². The van der Waals surface area contributed by atoms with Crippen LogP contribution in [0.15, 0.2) is 54.6 Å². The van der Waals surface area contributed by atoms with Gasteiger partial charge in [0, 0.05) is 17.4 Å². The molecule has 0 radical (unpaired) electrons. The molecule has 0 aromatic heterocycles. The molecule has 1 saturated carbocycles. The van der Waals surface area contributed by atoms with E-state index >= 15 is 0 Å². The first-order valence-electron chi connectivity index (χ1n) is 8.07. The summed E-state index contributed by atoms with van der Waals surface area (Å²) in [5.41, 5.74) is 3.12. The Kier molecular flexibility index (Phi) is 4.93. The number of amides is 1. The smallest absolute Gasteiger partial charge is 0.250 e. The van der Waals surface area contributed by atoms with E-state index in [4.69, 9.17) is 5.11 Å². The van der Waals surface area contributed by atoms with Crippen molar-refractivity contribution < 1.29 is 9.90 Å². The summed E-state index contributed by atoms with van der Waals surface area (Å²) in [6.07, 6.45) is 3.46. The fourth-order valence-corrected chi connectivity index (χ4v) is 3.26. The molecule has 2 atom stereocenters. The number of hydrogen-bond donors (Lipinski definition) is 3. The number of hydrogen-bond acceptors (Lipinski definition) is 3. The molecule has 120 valence electrons. The largest absolute Gasteiger partial charge is 0.387 e. The Morgan fingerprint density at radius 3 is 2.61 bits per heavy atom. The zero-order valence-electron chi connectivity index (χ0n) is 13.0. The second-order valence-corrected chi connectivity index (χ2v) is 6.05. The van der Waals surface area contributed by atoms with Crippen LogP contribution >= 0.6 is 0 Å². The predicted molar refractivity (Wildman–Crippen MR) is 92.6 cm³/mol. The van der Waals surface area contributed by atoms with Crippen LogP contribution in [0.3, 0.4) is 0 Å². The minimum Gasteiger partial charge on any atom is -0.387 e. The molecular formula is C19H22N2O2. The molecule has 0 spiro atoms. The van der Waals surface area contributed by atoms with E-state index in [0.29, 0.717) is 17.6 Å². The third-order valence-corrected chi connectivity index (χ3v) is 4.36. The van der Waals surface area contributed by atoms with Gasteiger partial charge in [0.15, 0.2) is 0 Å². The van der Waals surface area contributed by atoms with Crippen LogP contribution in [0, 0.1) is 0 Å². The number of carbonyl (C=O) groups excluding carboxylic acids is 1. The van der Waals surface area contributed by atoms with Crippen molar-refractivity contribution >= 4 is 17.3 Å². The number of aliphatic hydroxyl groups is 1. The van der Waals surface area contributed by atoms with Crippen LogP contribution in [0.2, 0.25) is 0 Å². The Morgan fingerprint density at radius 2 is 1.83 bits per heavy atom. The average molecular weight is 310 g/mol. The highest BCUT2D eigenvalue weighted by Gasteiger charge is 2.25. The Morgan fingerprint density at radius 1 is 1.04 bits per heavy atom. The number of rotatable bonds is 5. The lowest BCUT2D eigenvalue weighted by atomic mass is 9.98. The molecule has 1 aliphatic carbocycles. The van der Waals surface area contributed by atoms with Crippen LogP contribution in [0.5, 0.6) is 0 Å². The third kappa shape index (κ3) is 4.11. The van der Waals surface area contributed by atoms with E-state index in [9.17, 15) is 4.79 Å². The second-order valence-electron chi connectivity index (χ2n) is 6.05. The summed E-state index contributed by atoms with van der Waals surface area (Å²) < 4.78 is 0. The van der Waals surface area contributed by atoms with Crippen LogP contribution in [0.1, 0.15) is 30.7 Å². The van der Waals surface area contributed by atoms with Crippen LogP contribution in [-0.2, 0) is 4.79 Å². The van der Waals surface area contributed by atoms with Gasteiger partial charge in [0.25, 0.3) is 0 Å². The topological polar surface area (TPSA) is 61.4 Å². The maximum atomic E-state index is 11.3. The Labute approximate surface area is 136 Å². The fraction of sp³-hybridized carbons (Fsp3) is 0.316. The highest BCUT2D eigenvalue weighted by atomic mass is 16.3. The minimum atomic E-state index is -0.501. The van der Waals surface area contributed by atoms with Gasteiger partial charge in [0.2, 0.25) is 5.91 Å². The molecule has 1 amide bonds. The third-order valence-electron chi connectivity index (χ3n) is 4.36. The first-order chi connectivity index (χ1) is 11.2. The Hall–Kier alpha value is -2.33.